The molecule has 0 saturated heterocycles. The lowest BCUT2D eigenvalue weighted by Gasteiger charge is -2.19. The molecule has 0 aliphatic carbocycles. The third kappa shape index (κ3) is 16.0. The van der Waals surface area contributed by atoms with Gasteiger partial charge in [0, 0.05) is 0 Å². The number of alkyl halides is 1. The molecule has 0 N–H and O–H groups in total. The van der Waals surface area contributed by atoms with Gasteiger partial charge >= 0.3 is 11.9 Å². The van der Waals surface area contributed by atoms with Gasteiger partial charge in [0.25, 0.3) is 0 Å². The molecule has 1 aromatic rings. The zero-order valence-corrected chi connectivity index (χ0v) is 22.5. The Hall–Kier alpha value is -1.36. The average molecular weight is 526 g/mol. The van der Waals surface area contributed by atoms with Gasteiger partial charge in [0.15, 0.2) is 0 Å². The molecular formula is C28H45BrO4. The second kappa shape index (κ2) is 20.1. The summed E-state index contributed by atoms with van der Waals surface area (Å²) in [7, 11) is 0. The number of para-hydroxylation sites is 1. The van der Waals surface area contributed by atoms with E-state index in [9.17, 15) is 9.59 Å². The van der Waals surface area contributed by atoms with Crippen molar-refractivity contribution in [3.8, 4) is 5.75 Å². The van der Waals surface area contributed by atoms with Crippen molar-refractivity contribution in [2.75, 3.05) is 0 Å². The van der Waals surface area contributed by atoms with E-state index in [2.05, 4.69) is 29.8 Å². The lowest BCUT2D eigenvalue weighted by molar-refractivity contribution is -0.152. The maximum Gasteiger partial charge on any atom is 0.320 e. The van der Waals surface area contributed by atoms with Crippen LogP contribution in [0.25, 0.3) is 0 Å². The molecule has 0 aromatic heterocycles. The Kier molecular flexibility index (Phi) is 18.0. The van der Waals surface area contributed by atoms with Crippen molar-refractivity contribution < 1.29 is 19.1 Å². The van der Waals surface area contributed by atoms with E-state index in [4.69, 9.17) is 9.47 Å². The number of halogens is 1. The van der Waals surface area contributed by atoms with Crippen LogP contribution in [0.2, 0.25) is 0 Å². The first-order valence-electron chi connectivity index (χ1n) is 13.2. The van der Waals surface area contributed by atoms with Gasteiger partial charge < -0.3 is 9.47 Å². The van der Waals surface area contributed by atoms with E-state index in [1.165, 1.54) is 57.8 Å². The van der Waals surface area contributed by atoms with E-state index in [0.717, 1.165) is 32.1 Å². The zero-order chi connectivity index (χ0) is 24.2. The molecule has 1 rings (SSSR count). The Morgan fingerprint density at radius 1 is 0.758 bits per heavy atom. The van der Waals surface area contributed by atoms with E-state index in [1.54, 1.807) is 12.1 Å². The van der Waals surface area contributed by atoms with Crippen LogP contribution in [0, 0.1) is 0 Å². The first kappa shape index (κ1) is 29.7. The predicted molar refractivity (Wildman–Crippen MR) is 140 cm³/mol. The molecule has 0 spiro atoms. The van der Waals surface area contributed by atoms with Crippen LogP contribution in [0.5, 0.6) is 5.75 Å². The number of hydrogen-bond donors (Lipinski definition) is 0. The maximum absolute atomic E-state index is 12.6. The Morgan fingerprint density at radius 2 is 1.27 bits per heavy atom. The van der Waals surface area contributed by atoms with Crippen molar-refractivity contribution in [1.29, 1.82) is 0 Å². The number of rotatable bonds is 20. The number of ether oxygens (including phenoxy) is 2. The Bertz CT molecular complexity index is 620. The molecule has 0 aliphatic rings. The fourth-order valence-corrected chi connectivity index (χ4v) is 4.27. The topological polar surface area (TPSA) is 52.6 Å². The molecule has 33 heavy (non-hydrogen) atoms. The molecule has 0 aliphatic heterocycles. The van der Waals surface area contributed by atoms with Crippen molar-refractivity contribution in [2.24, 2.45) is 0 Å². The molecule has 0 radical (unpaired) electrons. The Balaban J connectivity index is 2.44. The number of benzene rings is 1. The molecule has 2 unspecified atom stereocenters. The van der Waals surface area contributed by atoms with Crippen molar-refractivity contribution >= 4 is 27.9 Å². The minimum atomic E-state index is -0.436. The highest BCUT2D eigenvalue weighted by molar-refractivity contribution is 9.10. The van der Waals surface area contributed by atoms with Gasteiger partial charge in [-0.05, 0) is 31.4 Å². The summed E-state index contributed by atoms with van der Waals surface area (Å²) in [6, 6.07) is 9.05. The van der Waals surface area contributed by atoms with Gasteiger partial charge in [0.1, 0.15) is 16.7 Å². The third-order valence-electron chi connectivity index (χ3n) is 5.85. The summed E-state index contributed by atoms with van der Waals surface area (Å²) in [4.78, 5) is 24.7. The molecule has 188 valence electrons. The van der Waals surface area contributed by atoms with Gasteiger partial charge in [-0.1, -0.05) is 125 Å². The quantitative estimate of drug-likeness (QED) is 0.0741. The van der Waals surface area contributed by atoms with Gasteiger partial charge in [0.2, 0.25) is 0 Å². The van der Waals surface area contributed by atoms with Crippen LogP contribution in [0.1, 0.15) is 117 Å². The number of hydrogen-bond acceptors (Lipinski definition) is 4. The lowest BCUT2D eigenvalue weighted by Crippen LogP contribution is -2.28. The molecule has 0 amide bonds. The molecular weight excluding hydrogens is 480 g/mol. The summed E-state index contributed by atoms with van der Waals surface area (Å²) in [5.74, 6) is -0.103. The summed E-state index contributed by atoms with van der Waals surface area (Å²) in [5, 5.41) is 0. The fourth-order valence-electron chi connectivity index (χ4n) is 3.84. The highest BCUT2D eigenvalue weighted by Gasteiger charge is 2.23. The van der Waals surface area contributed by atoms with Crippen LogP contribution in [0.4, 0.5) is 0 Å². The summed E-state index contributed by atoms with van der Waals surface area (Å²) >= 11 is 3.48. The van der Waals surface area contributed by atoms with E-state index < -0.39 is 6.10 Å². The van der Waals surface area contributed by atoms with Crippen LogP contribution in [0.3, 0.4) is 0 Å². The van der Waals surface area contributed by atoms with Gasteiger partial charge in [0.05, 0.1) is 6.42 Å². The summed E-state index contributed by atoms with van der Waals surface area (Å²) in [6.45, 7) is 4.41. The maximum atomic E-state index is 12.6. The largest absolute Gasteiger partial charge is 0.461 e. The van der Waals surface area contributed by atoms with Crippen molar-refractivity contribution in [1.82, 2.24) is 0 Å². The standard InChI is InChI=1S/C28H45BrO4/c1-3-5-7-9-10-11-12-13-15-21-25(23-27(30)32-24-19-16-14-17-20-24)33-28(31)26(29)22-18-8-6-4-2/h14,16-17,19-20,25-26H,3-13,15,18,21-23H2,1-2H3. The third-order valence-corrected chi connectivity index (χ3v) is 6.68. The highest BCUT2D eigenvalue weighted by Crippen LogP contribution is 2.20. The monoisotopic (exact) mass is 524 g/mol. The summed E-state index contributed by atoms with van der Waals surface area (Å²) < 4.78 is 11.2. The molecule has 0 heterocycles. The van der Waals surface area contributed by atoms with E-state index in [-0.39, 0.29) is 23.2 Å². The smallest absolute Gasteiger partial charge is 0.320 e. The average Bonchev–Trinajstić information content (AvgIpc) is 2.81. The van der Waals surface area contributed by atoms with Crippen LogP contribution < -0.4 is 4.74 Å². The van der Waals surface area contributed by atoms with Crippen LogP contribution in [0.15, 0.2) is 30.3 Å². The summed E-state index contributed by atoms with van der Waals surface area (Å²) in [6.07, 6.45) is 16.7. The normalized spacial score (nSPS) is 12.8. The lowest BCUT2D eigenvalue weighted by atomic mass is 10.0. The first-order valence-corrected chi connectivity index (χ1v) is 14.1. The molecule has 0 bridgehead atoms. The Labute approximate surface area is 210 Å². The van der Waals surface area contributed by atoms with Gasteiger partial charge in [-0.15, -0.1) is 0 Å². The SMILES string of the molecule is CCCCCCCCCCCC(CC(=O)Oc1ccccc1)OC(=O)C(Br)CCCCCC. The molecule has 0 saturated carbocycles. The summed E-state index contributed by atoms with van der Waals surface area (Å²) in [5.41, 5.74) is 0. The number of esters is 2. The number of carbonyl (C=O) groups is 2. The molecule has 0 fully saturated rings. The van der Waals surface area contributed by atoms with Crippen LogP contribution in [-0.4, -0.2) is 22.9 Å². The van der Waals surface area contributed by atoms with Gasteiger partial charge in [-0.3, -0.25) is 9.59 Å². The van der Waals surface area contributed by atoms with Crippen LogP contribution in [-0.2, 0) is 14.3 Å². The molecule has 1 aromatic carbocycles. The number of unbranched alkanes of at least 4 members (excludes halogenated alkanes) is 11. The van der Waals surface area contributed by atoms with E-state index in [1.807, 2.05) is 18.2 Å². The number of carbonyl (C=O) groups excluding carboxylic acids is 2. The zero-order valence-electron chi connectivity index (χ0n) is 20.9. The van der Waals surface area contributed by atoms with Crippen molar-refractivity contribution in [2.45, 2.75) is 128 Å². The second-order valence-corrected chi connectivity index (χ2v) is 10.1. The minimum absolute atomic E-state index is 0.0905. The predicted octanol–water partition coefficient (Wildman–Crippen LogP) is 8.55. The highest BCUT2D eigenvalue weighted by atomic mass is 79.9. The van der Waals surface area contributed by atoms with Crippen molar-refractivity contribution in [3.05, 3.63) is 30.3 Å². The second-order valence-electron chi connectivity index (χ2n) is 8.98. The fraction of sp³-hybridized carbons (Fsp3) is 0.714. The van der Waals surface area contributed by atoms with Gasteiger partial charge in [-0.25, -0.2) is 0 Å². The van der Waals surface area contributed by atoms with E-state index in [0.29, 0.717) is 12.2 Å². The van der Waals surface area contributed by atoms with Crippen LogP contribution >= 0.6 is 15.9 Å². The minimum Gasteiger partial charge on any atom is -0.461 e. The molecule has 2 atom stereocenters. The first-order chi connectivity index (χ1) is 16.1. The van der Waals surface area contributed by atoms with Crippen molar-refractivity contribution in [3.63, 3.8) is 0 Å². The molecule has 5 heteroatoms. The van der Waals surface area contributed by atoms with E-state index >= 15 is 0 Å². The Morgan fingerprint density at radius 3 is 1.88 bits per heavy atom. The molecule has 4 nitrogen and oxygen atoms in total. The van der Waals surface area contributed by atoms with Gasteiger partial charge in [-0.2, -0.15) is 0 Å².